The molecule has 8 heteroatoms. The lowest BCUT2D eigenvalue weighted by atomic mass is 10.1. The summed E-state index contributed by atoms with van der Waals surface area (Å²) in [7, 11) is 1.68. The molecule has 0 saturated carbocycles. The van der Waals surface area contributed by atoms with Gasteiger partial charge in [-0.3, -0.25) is 19.5 Å². The molecule has 1 aliphatic heterocycles. The molecule has 0 unspecified atom stereocenters. The number of fused-ring (bicyclic) bond motifs is 1. The summed E-state index contributed by atoms with van der Waals surface area (Å²) in [5.74, 6) is 0.405. The highest BCUT2D eigenvalue weighted by atomic mass is 127. The second kappa shape index (κ2) is 12.7. The molecular weight excluding hydrogens is 459 g/mol. The molecule has 1 aromatic carbocycles. The zero-order valence-electron chi connectivity index (χ0n) is 16.0. The molecule has 0 spiro atoms. The molecule has 2 N–H and O–H groups in total. The molecule has 1 heterocycles. The van der Waals surface area contributed by atoms with E-state index in [-0.39, 0.29) is 35.8 Å². The molecular formula is C19H29IN4O3. The summed E-state index contributed by atoms with van der Waals surface area (Å²) in [5.41, 5.74) is 1.02. The Hall–Kier alpha value is -1.68. The van der Waals surface area contributed by atoms with Gasteiger partial charge >= 0.3 is 0 Å². The minimum atomic E-state index is -0.188. The number of rotatable bonds is 10. The van der Waals surface area contributed by atoms with Crippen molar-refractivity contribution in [1.29, 1.82) is 0 Å². The van der Waals surface area contributed by atoms with Crippen LogP contribution in [0.3, 0.4) is 0 Å². The van der Waals surface area contributed by atoms with Crippen molar-refractivity contribution in [3.05, 3.63) is 35.4 Å². The molecule has 0 radical (unpaired) electrons. The molecule has 0 bridgehead atoms. The molecule has 0 aliphatic carbocycles. The number of unbranched alkanes of at least 4 members (excludes halogenated alkanes) is 1. The van der Waals surface area contributed by atoms with Gasteiger partial charge in [-0.05, 0) is 38.3 Å². The number of nitrogens with zero attached hydrogens (tertiary/aromatic N) is 2. The van der Waals surface area contributed by atoms with Crippen LogP contribution in [0.15, 0.2) is 29.3 Å². The van der Waals surface area contributed by atoms with Crippen LogP contribution in [-0.2, 0) is 4.74 Å². The first-order valence-electron chi connectivity index (χ1n) is 9.15. The maximum Gasteiger partial charge on any atom is 0.261 e. The number of nitrogens with one attached hydrogen (secondary N) is 2. The maximum absolute atomic E-state index is 12.3. The highest BCUT2D eigenvalue weighted by molar-refractivity contribution is 14.0. The quantitative estimate of drug-likeness (QED) is 0.174. The third-order valence-electron chi connectivity index (χ3n) is 4.10. The van der Waals surface area contributed by atoms with Crippen molar-refractivity contribution >= 4 is 41.8 Å². The van der Waals surface area contributed by atoms with Crippen molar-refractivity contribution in [3.63, 3.8) is 0 Å². The van der Waals surface area contributed by atoms with Gasteiger partial charge in [-0.1, -0.05) is 12.1 Å². The van der Waals surface area contributed by atoms with Gasteiger partial charge in [0.1, 0.15) is 0 Å². The number of halogens is 1. The van der Waals surface area contributed by atoms with E-state index in [4.69, 9.17) is 4.74 Å². The zero-order valence-corrected chi connectivity index (χ0v) is 18.3. The molecule has 0 atom stereocenters. The second-order valence-corrected chi connectivity index (χ2v) is 6.05. The van der Waals surface area contributed by atoms with E-state index in [1.165, 1.54) is 4.90 Å². The SMILES string of the molecule is CCNC(=NCCCOC)NCCCCN1C(=O)c2ccccc2C1=O.I. The largest absolute Gasteiger partial charge is 0.385 e. The third kappa shape index (κ3) is 6.76. The molecule has 27 heavy (non-hydrogen) atoms. The van der Waals surface area contributed by atoms with Gasteiger partial charge in [-0.15, -0.1) is 24.0 Å². The van der Waals surface area contributed by atoms with Crippen molar-refractivity contribution in [2.24, 2.45) is 4.99 Å². The Morgan fingerprint density at radius 2 is 1.74 bits per heavy atom. The van der Waals surface area contributed by atoms with Crippen molar-refractivity contribution in [2.75, 3.05) is 39.9 Å². The lowest BCUT2D eigenvalue weighted by Gasteiger charge is -2.14. The van der Waals surface area contributed by atoms with Crippen LogP contribution < -0.4 is 10.6 Å². The maximum atomic E-state index is 12.3. The monoisotopic (exact) mass is 488 g/mol. The first kappa shape index (κ1) is 23.4. The molecule has 0 saturated heterocycles. The summed E-state index contributed by atoms with van der Waals surface area (Å²) < 4.78 is 5.02. The average Bonchev–Trinajstić information content (AvgIpc) is 2.90. The van der Waals surface area contributed by atoms with Crippen LogP contribution in [0.4, 0.5) is 0 Å². The standard InChI is InChI=1S/C19H28N4O3.HI/c1-3-20-19(22-12-8-14-26-2)21-11-6-7-13-23-17(24)15-9-4-5-10-16(15)18(23)25;/h4-5,9-10H,3,6-8,11-14H2,1-2H3,(H2,20,21,22);1H. The number of imide groups is 1. The molecule has 2 amide bonds. The normalized spacial score (nSPS) is 13.4. The average molecular weight is 488 g/mol. The fourth-order valence-electron chi connectivity index (χ4n) is 2.79. The summed E-state index contributed by atoms with van der Waals surface area (Å²) in [5, 5.41) is 6.47. The van der Waals surface area contributed by atoms with E-state index >= 15 is 0 Å². The first-order chi connectivity index (χ1) is 12.7. The van der Waals surface area contributed by atoms with Crippen LogP contribution in [-0.4, -0.2) is 62.6 Å². The third-order valence-corrected chi connectivity index (χ3v) is 4.10. The number of carbonyl (C=O) groups excluding carboxylic acids is 2. The van der Waals surface area contributed by atoms with Crippen LogP contribution >= 0.6 is 24.0 Å². The number of ether oxygens (including phenoxy) is 1. The van der Waals surface area contributed by atoms with Gasteiger partial charge in [0.2, 0.25) is 0 Å². The number of hydrogen-bond donors (Lipinski definition) is 2. The van der Waals surface area contributed by atoms with E-state index in [2.05, 4.69) is 15.6 Å². The minimum Gasteiger partial charge on any atom is -0.385 e. The Morgan fingerprint density at radius 1 is 1.07 bits per heavy atom. The van der Waals surface area contributed by atoms with Gasteiger partial charge in [0.05, 0.1) is 11.1 Å². The van der Waals surface area contributed by atoms with Crippen molar-refractivity contribution in [1.82, 2.24) is 15.5 Å². The van der Waals surface area contributed by atoms with E-state index < -0.39 is 0 Å². The molecule has 150 valence electrons. The molecule has 0 aromatic heterocycles. The number of amides is 2. The number of benzene rings is 1. The van der Waals surface area contributed by atoms with Crippen LogP contribution in [0.1, 0.15) is 46.9 Å². The topological polar surface area (TPSA) is 83.0 Å². The number of hydrogen-bond acceptors (Lipinski definition) is 4. The van der Waals surface area contributed by atoms with Crippen molar-refractivity contribution in [2.45, 2.75) is 26.2 Å². The fraction of sp³-hybridized carbons (Fsp3) is 0.526. The summed E-state index contributed by atoms with van der Waals surface area (Å²) in [6.45, 7) is 5.40. The van der Waals surface area contributed by atoms with E-state index in [0.717, 1.165) is 38.3 Å². The molecule has 1 aliphatic rings. The highest BCUT2D eigenvalue weighted by Gasteiger charge is 2.34. The van der Waals surface area contributed by atoms with Crippen LogP contribution in [0.2, 0.25) is 0 Å². The van der Waals surface area contributed by atoms with Gasteiger partial charge in [-0.25, -0.2) is 0 Å². The Morgan fingerprint density at radius 3 is 2.33 bits per heavy atom. The molecule has 1 aromatic rings. The van der Waals surface area contributed by atoms with Crippen molar-refractivity contribution in [3.8, 4) is 0 Å². The number of guanidine groups is 1. The molecule has 7 nitrogen and oxygen atoms in total. The summed E-state index contributed by atoms with van der Waals surface area (Å²) in [6.07, 6.45) is 2.48. The Bertz CT molecular complexity index is 617. The lowest BCUT2D eigenvalue weighted by Crippen LogP contribution is -2.38. The summed E-state index contributed by atoms with van der Waals surface area (Å²) in [4.78, 5) is 30.4. The van der Waals surface area contributed by atoms with Gasteiger partial charge < -0.3 is 15.4 Å². The predicted molar refractivity (Wildman–Crippen MR) is 117 cm³/mol. The lowest BCUT2D eigenvalue weighted by molar-refractivity contribution is 0.0652. The Labute approximate surface area is 178 Å². The van der Waals surface area contributed by atoms with E-state index in [1.807, 2.05) is 6.92 Å². The fourth-order valence-corrected chi connectivity index (χ4v) is 2.79. The zero-order chi connectivity index (χ0) is 18.8. The second-order valence-electron chi connectivity index (χ2n) is 6.05. The van der Waals surface area contributed by atoms with E-state index in [1.54, 1.807) is 31.4 Å². The summed E-state index contributed by atoms with van der Waals surface area (Å²) in [6, 6.07) is 6.98. The van der Waals surface area contributed by atoms with Crippen molar-refractivity contribution < 1.29 is 14.3 Å². The molecule has 2 rings (SSSR count). The van der Waals surface area contributed by atoms with E-state index in [9.17, 15) is 9.59 Å². The summed E-state index contributed by atoms with van der Waals surface area (Å²) >= 11 is 0. The first-order valence-corrected chi connectivity index (χ1v) is 9.15. The van der Waals surface area contributed by atoms with Crippen LogP contribution in [0.5, 0.6) is 0 Å². The smallest absolute Gasteiger partial charge is 0.261 e. The van der Waals surface area contributed by atoms with Gasteiger partial charge in [0.15, 0.2) is 5.96 Å². The Balaban J connectivity index is 0.00000364. The van der Waals surface area contributed by atoms with Crippen LogP contribution in [0.25, 0.3) is 0 Å². The van der Waals surface area contributed by atoms with E-state index in [0.29, 0.717) is 30.8 Å². The van der Waals surface area contributed by atoms with Gasteiger partial charge in [-0.2, -0.15) is 0 Å². The molecule has 0 fully saturated rings. The Kier molecular flexibility index (Phi) is 11.0. The number of methoxy groups -OCH3 is 1. The predicted octanol–water partition coefficient (Wildman–Crippen LogP) is 2.27. The van der Waals surface area contributed by atoms with Gasteiger partial charge in [0, 0.05) is 39.9 Å². The number of carbonyl (C=O) groups is 2. The van der Waals surface area contributed by atoms with Crippen LogP contribution in [0, 0.1) is 0 Å². The number of aliphatic imine (C=N–C) groups is 1. The minimum absolute atomic E-state index is 0. The van der Waals surface area contributed by atoms with Gasteiger partial charge in [0.25, 0.3) is 11.8 Å². The highest BCUT2D eigenvalue weighted by Crippen LogP contribution is 2.22.